The van der Waals surface area contributed by atoms with E-state index >= 15 is 0 Å². The Morgan fingerprint density at radius 2 is 1.69 bits per heavy atom. The molecular formula is C29H40N4O2. The second-order valence-electron chi connectivity index (χ2n) is 12.3. The number of fused-ring (bicyclic) bond motifs is 1. The third-order valence-corrected chi connectivity index (χ3v) is 9.53. The van der Waals surface area contributed by atoms with Gasteiger partial charge in [-0.25, -0.2) is 4.98 Å². The standard InChI is InChI=1S/C29H40N4O2/c34-27(30-10-9-29-15-21-11-22(16-29)13-23(12-21)17-29)14-24-19-33-25(7-4-8-26(33)32-24)28(35)31-18-20-5-2-1-3-6-20/h4,7-8,19-23H,1-3,5-6,9-18H2,(H,30,34)(H,31,35). The zero-order valence-corrected chi connectivity index (χ0v) is 20.9. The Morgan fingerprint density at radius 3 is 2.40 bits per heavy atom. The van der Waals surface area contributed by atoms with Crippen LogP contribution in [-0.4, -0.2) is 34.3 Å². The third-order valence-electron chi connectivity index (χ3n) is 9.53. The molecule has 5 fully saturated rings. The molecule has 0 aromatic carbocycles. The number of pyridine rings is 1. The van der Waals surface area contributed by atoms with Gasteiger partial charge in [0.05, 0.1) is 12.1 Å². The number of nitrogens with one attached hydrogen (secondary N) is 2. The highest BCUT2D eigenvalue weighted by atomic mass is 16.2. The van der Waals surface area contributed by atoms with Crippen LogP contribution in [0.4, 0.5) is 0 Å². The van der Waals surface area contributed by atoms with Gasteiger partial charge in [0.1, 0.15) is 11.3 Å². The van der Waals surface area contributed by atoms with Gasteiger partial charge in [0.15, 0.2) is 0 Å². The quantitative estimate of drug-likeness (QED) is 0.568. The zero-order chi connectivity index (χ0) is 23.8. The minimum atomic E-state index is -0.0647. The van der Waals surface area contributed by atoms with Crippen molar-refractivity contribution in [2.45, 2.75) is 83.5 Å². The van der Waals surface area contributed by atoms with E-state index in [1.54, 1.807) is 0 Å². The number of nitrogens with zero attached hydrogens (tertiary/aromatic N) is 2. The number of hydrogen-bond acceptors (Lipinski definition) is 3. The fourth-order valence-corrected chi connectivity index (χ4v) is 8.34. The normalized spacial score (nSPS) is 30.0. The predicted molar refractivity (Wildman–Crippen MR) is 136 cm³/mol. The van der Waals surface area contributed by atoms with E-state index in [0.717, 1.165) is 37.3 Å². The van der Waals surface area contributed by atoms with Gasteiger partial charge in [-0.3, -0.25) is 14.0 Å². The Kier molecular flexibility index (Phi) is 6.32. The van der Waals surface area contributed by atoms with Gasteiger partial charge in [-0.15, -0.1) is 0 Å². The maximum Gasteiger partial charge on any atom is 0.268 e. The van der Waals surface area contributed by atoms with Crippen LogP contribution in [0.3, 0.4) is 0 Å². The summed E-state index contributed by atoms with van der Waals surface area (Å²) < 4.78 is 1.83. The van der Waals surface area contributed by atoms with Gasteiger partial charge in [0.25, 0.3) is 5.91 Å². The second-order valence-corrected chi connectivity index (χ2v) is 12.3. The van der Waals surface area contributed by atoms with E-state index in [2.05, 4.69) is 15.6 Å². The minimum absolute atomic E-state index is 0.0291. The highest BCUT2D eigenvalue weighted by molar-refractivity contribution is 5.93. The van der Waals surface area contributed by atoms with Crippen molar-refractivity contribution in [1.82, 2.24) is 20.0 Å². The molecule has 7 rings (SSSR count). The number of aromatic nitrogens is 2. The van der Waals surface area contributed by atoms with Gasteiger partial charge in [-0.1, -0.05) is 25.3 Å². The van der Waals surface area contributed by atoms with E-state index in [1.165, 1.54) is 70.6 Å². The van der Waals surface area contributed by atoms with Crippen LogP contribution < -0.4 is 10.6 Å². The summed E-state index contributed by atoms with van der Waals surface area (Å²) in [5.74, 6) is 3.40. The fraction of sp³-hybridized carbons (Fsp3) is 0.690. The molecule has 188 valence electrons. The molecule has 2 aromatic heterocycles. The molecule has 2 N–H and O–H groups in total. The summed E-state index contributed by atoms with van der Waals surface area (Å²) >= 11 is 0. The molecule has 6 heteroatoms. The van der Waals surface area contributed by atoms with Crippen molar-refractivity contribution >= 4 is 17.5 Å². The first-order valence-electron chi connectivity index (χ1n) is 14.1. The number of imidazole rings is 1. The molecule has 0 aliphatic heterocycles. The van der Waals surface area contributed by atoms with Gasteiger partial charge in [0.2, 0.25) is 5.91 Å². The summed E-state index contributed by atoms with van der Waals surface area (Å²) in [6.07, 6.45) is 18.0. The van der Waals surface area contributed by atoms with Crippen LogP contribution >= 0.6 is 0 Å². The monoisotopic (exact) mass is 476 g/mol. The van der Waals surface area contributed by atoms with Gasteiger partial charge in [-0.05, 0) is 99.0 Å². The van der Waals surface area contributed by atoms with Crippen LogP contribution in [0.5, 0.6) is 0 Å². The zero-order valence-electron chi connectivity index (χ0n) is 20.9. The molecular weight excluding hydrogens is 436 g/mol. The first kappa shape index (κ1) is 23.1. The number of rotatable bonds is 8. The van der Waals surface area contributed by atoms with Gasteiger partial charge >= 0.3 is 0 Å². The SMILES string of the molecule is O=C(Cc1cn2c(C(=O)NCC3CCCCC3)cccc2n1)NCCC12CC3CC(CC(C3)C1)C2. The molecule has 5 aliphatic carbocycles. The molecule has 0 radical (unpaired) electrons. The van der Waals surface area contributed by atoms with E-state index in [4.69, 9.17) is 0 Å². The second kappa shape index (κ2) is 9.59. The molecule has 0 saturated heterocycles. The highest BCUT2D eigenvalue weighted by Gasteiger charge is 2.50. The molecule has 5 saturated carbocycles. The minimum Gasteiger partial charge on any atom is -0.356 e. The fourth-order valence-electron chi connectivity index (χ4n) is 8.34. The van der Waals surface area contributed by atoms with Gasteiger partial charge in [-0.2, -0.15) is 0 Å². The van der Waals surface area contributed by atoms with E-state index in [1.807, 2.05) is 28.8 Å². The number of amides is 2. The summed E-state index contributed by atoms with van der Waals surface area (Å²) in [6.45, 7) is 1.51. The van der Waals surface area contributed by atoms with Crippen molar-refractivity contribution in [3.8, 4) is 0 Å². The van der Waals surface area contributed by atoms with Crippen LogP contribution in [0, 0.1) is 29.1 Å². The molecule has 2 amide bonds. The van der Waals surface area contributed by atoms with E-state index in [-0.39, 0.29) is 18.2 Å². The molecule has 2 aromatic rings. The van der Waals surface area contributed by atoms with Crippen LogP contribution in [0.1, 0.15) is 93.2 Å². The number of hydrogen-bond donors (Lipinski definition) is 2. The van der Waals surface area contributed by atoms with Crippen LogP contribution in [0.2, 0.25) is 0 Å². The van der Waals surface area contributed by atoms with Crippen LogP contribution in [0.25, 0.3) is 5.65 Å². The van der Waals surface area contributed by atoms with Crippen molar-refractivity contribution in [1.29, 1.82) is 0 Å². The molecule has 5 aliphatic rings. The summed E-state index contributed by atoms with van der Waals surface area (Å²) in [6, 6.07) is 5.60. The molecule has 2 heterocycles. The molecule has 0 unspecified atom stereocenters. The first-order valence-corrected chi connectivity index (χ1v) is 14.1. The van der Waals surface area contributed by atoms with Gasteiger partial charge in [0, 0.05) is 19.3 Å². The summed E-state index contributed by atoms with van der Waals surface area (Å²) in [4.78, 5) is 30.3. The average Bonchev–Trinajstić information content (AvgIpc) is 3.24. The van der Waals surface area contributed by atoms with E-state index in [0.29, 0.717) is 28.4 Å². The maximum atomic E-state index is 12.9. The largest absolute Gasteiger partial charge is 0.356 e. The molecule has 0 atom stereocenters. The van der Waals surface area contributed by atoms with E-state index in [9.17, 15) is 9.59 Å². The maximum absolute atomic E-state index is 12.9. The van der Waals surface area contributed by atoms with Crippen LogP contribution in [-0.2, 0) is 11.2 Å². The molecule has 35 heavy (non-hydrogen) atoms. The van der Waals surface area contributed by atoms with Crippen molar-refractivity contribution in [2.24, 2.45) is 29.1 Å². The highest BCUT2D eigenvalue weighted by Crippen LogP contribution is 2.61. The third kappa shape index (κ3) is 4.99. The van der Waals surface area contributed by atoms with Crippen LogP contribution in [0.15, 0.2) is 24.4 Å². The molecule has 0 spiro atoms. The Labute approximate surface area is 208 Å². The summed E-state index contributed by atoms with van der Waals surface area (Å²) in [5, 5.41) is 6.30. The van der Waals surface area contributed by atoms with Crippen molar-refractivity contribution in [3.05, 3.63) is 35.8 Å². The number of carbonyl (C=O) groups excluding carboxylic acids is 2. The summed E-state index contributed by atoms with van der Waals surface area (Å²) in [7, 11) is 0. The smallest absolute Gasteiger partial charge is 0.268 e. The van der Waals surface area contributed by atoms with Gasteiger partial charge < -0.3 is 10.6 Å². The van der Waals surface area contributed by atoms with E-state index < -0.39 is 0 Å². The Hall–Kier alpha value is -2.37. The summed E-state index contributed by atoms with van der Waals surface area (Å²) in [5.41, 5.74) is 2.50. The van der Waals surface area contributed by atoms with Crippen molar-refractivity contribution in [3.63, 3.8) is 0 Å². The topological polar surface area (TPSA) is 75.5 Å². The lowest BCUT2D eigenvalue weighted by molar-refractivity contribution is -0.120. The molecule has 4 bridgehead atoms. The van der Waals surface area contributed by atoms with Crippen molar-refractivity contribution < 1.29 is 9.59 Å². The Balaban J connectivity index is 1.03. The molecule has 6 nitrogen and oxygen atoms in total. The Morgan fingerprint density at radius 1 is 0.971 bits per heavy atom. The lowest BCUT2D eigenvalue weighted by atomic mass is 9.49. The average molecular weight is 477 g/mol. The lowest BCUT2D eigenvalue weighted by Crippen LogP contribution is -2.47. The first-order chi connectivity index (χ1) is 17.1. The predicted octanol–water partition coefficient (Wildman–Crippen LogP) is 4.91. The lowest BCUT2D eigenvalue weighted by Gasteiger charge is -2.57. The Bertz CT molecular complexity index is 1050. The van der Waals surface area contributed by atoms with Crippen molar-refractivity contribution in [2.75, 3.05) is 13.1 Å². The number of carbonyl (C=O) groups is 2.